The number of halogens is 4. The van der Waals surface area contributed by atoms with Crippen LogP contribution in [-0.4, -0.2) is 72.1 Å². The van der Waals surface area contributed by atoms with E-state index in [1.165, 1.54) is 0 Å². The van der Waals surface area contributed by atoms with E-state index in [-0.39, 0.29) is 0 Å². The maximum atomic E-state index is 5.60. The van der Waals surface area contributed by atoms with Gasteiger partial charge in [0.15, 0.2) is 0 Å². The summed E-state index contributed by atoms with van der Waals surface area (Å²) in [4.78, 5) is 13.1. The average molecular weight is 632 g/mol. The van der Waals surface area contributed by atoms with Gasteiger partial charge in [-0.25, -0.2) is 4.98 Å². The molecule has 150 valence electrons. The molecule has 2 heterocycles. The van der Waals surface area contributed by atoms with Crippen LogP contribution in [0.3, 0.4) is 0 Å². The molecule has 1 aliphatic rings. The van der Waals surface area contributed by atoms with Crippen molar-refractivity contribution in [2.75, 3.05) is 57.7 Å². The van der Waals surface area contributed by atoms with Crippen LogP contribution in [0.25, 0.3) is 11.0 Å². The first kappa shape index (κ1) is 22.0. The number of rotatable bonds is 8. The van der Waals surface area contributed by atoms with Gasteiger partial charge in [-0.15, -0.1) is 0 Å². The zero-order valence-corrected chi connectivity index (χ0v) is 21.3. The van der Waals surface area contributed by atoms with Crippen molar-refractivity contribution < 1.29 is 0 Å². The van der Waals surface area contributed by atoms with E-state index in [2.05, 4.69) is 88.8 Å². The van der Waals surface area contributed by atoms with E-state index in [1.54, 1.807) is 0 Å². The topological polar surface area (TPSA) is 73.2 Å². The third kappa shape index (κ3) is 5.46. The maximum absolute atomic E-state index is 5.60. The Morgan fingerprint density at radius 3 is 2.11 bits per heavy atom. The smallest absolute Gasteiger partial charge is 0.201 e. The molecule has 6 nitrogen and oxygen atoms in total. The van der Waals surface area contributed by atoms with Gasteiger partial charge in [-0.1, -0.05) is 0 Å². The minimum atomic E-state index is 0.786. The molecule has 1 saturated heterocycles. The second kappa shape index (κ2) is 10.4. The molecule has 0 radical (unpaired) electrons. The number of piperazine rings is 1. The van der Waals surface area contributed by atoms with Crippen LogP contribution < -0.4 is 11.1 Å². The molecule has 0 saturated carbocycles. The summed E-state index contributed by atoms with van der Waals surface area (Å²) in [5, 5.41) is 3.41. The SMILES string of the molecule is NCCCN1CCN(CCCNc2nc3c(Br)c(Br)c(Br)c(Br)c3[nH]2)CC1. The highest BCUT2D eigenvalue weighted by Crippen LogP contribution is 2.42. The summed E-state index contributed by atoms with van der Waals surface area (Å²) in [5.41, 5.74) is 7.46. The number of hydrogen-bond donors (Lipinski definition) is 3. The van der Waals surface area contributed by atoms with Crippen LogP contribution in [0, 0.1) is 0 Å². The van der Waals surface area contributed by atoms with Crippen molar-refractivity contribution in [3.63, 3.8) is 0 Å². The predicted molar refractivity (Wildman–Crippen MR) is 127 cm³/mol. The molecular weight excluding hydrogens is 608 g/mol. The molecule has 1 aliphatic heterocycles. The first-order valence-corrected chi connectivity index (χ1v) is 12.3. The molecule has 0 amide bonds. The van der Waals surface area contributed by atoms with Gasteiger partial charge in [0, 0.05) is 41.7 Å². The van der Waals surface area contributed by atoms with E-state index in [1.807, 2.05) is 0 Å². The first-order chi connectivity index (χ1) is 13.0. The number of imidazole rings is 1. The van der Waals surface area contributed by atoms with E-state index < -0.39 is 0 Å². The van der Waals surface area contributed by atoms with Crippen molar-refractivity contribution in [1.29, 1.82) is 0 Å². The Kier molecular flexibility index (Phi) is 8.43. The largest absolute Gasteiger partial charge is 0.356 e. The second-order valence-electron chi connectivity index (χ2n) is 6.67. The highest BCUT2D eigenvalue weighted by atomic mass is 79.9. The van der Waals surface area contributed by atoms with E-state index in [0.717, 1.165) is 100 Å². The summed E-state index contributed by atoms with van der Waals surface area (Å²) in [7, 11) is 0. The van der Waals surface area contributed by atoms with Gasteiger partial charge in [-0.3, -0.25) is 0 Å². The molecular formula is C17H24Br4N6. The molecule has 1 aromatic carbocycles. The Bertz CT molecular complexity index is 728. The van der Waals surface area contributed by atoms with Gasteiger partial charge in [0.1, 0.15) is 5.52 Å². The molecule has 27 heavy (non-hydrogen) atoms. The molecule has 10 heteroatoms. The minimum Gasteiger partial charge on any atom is -0.356 e. The normalized spacial score (nSPS) is 16.3. The fourth-order valence-electron chi connectivity index (χ4n) is 3.24. The van der Waals surface area contributed by atoms with Gasteiger partial charge in [0.05, 0.1) is 14.5 Å². The van der Waals surface area contributed by atoms with Gasteiger partial charge >= 0.3 is 0 Å². The number of anilines is 1. The Morgan fingerprint density at radius 1 is 0.889 bits per heavy atom. The van der Waals surface area contributed by atoms with Crippen molar-refractivity contribution in [2.45, 2.75) is 12.8 Å². The molecule has 1 aromatic heterocycles. The lowest BCUT2D eigenvalue weighted by Crippen LogP contribution is -2.47. The van der Waals surface area contributed by atoms with Gasteiger partial charge in [-0.05, 0) is 96.2 Å². The van der Waals surface area contributed by atoms with Crippen LogP contribution in [0.1, 0.15) is 12.8 Å². The average Bonchev–Trinajstić information content (AvgIpc) is 3.12. The standard InChI is InChI=1S/C17H24Br4N6/c18-11-12(19)14(21)16-15(13(11)20)24-17(25-16)23-4-2-6-27-9-7-26(8-10-27)5-1-3-22/h1-10,22H2,(H2,23,24,25). The molecule has 2 aromatic rings. The van der Waals surface area contributed by atoms with Crippen molar-refractivity contribution in [1.82, 2.24) is 19.8 Å². The van der Waals surface area contributed by atoms with Crippen LogP contribution in [-0.2, 0) is 0 Å². The molecule has 0 aliphatic carbocycles. The highest BCUT2D eigenvalue weighted by molar-refractivity contribution is 9.15. The Labute approximate surface area is 193 Å². The van der Waals surface area contributed by atoms with E-state index in [0.29, 0.717) is 0 Å². The van der Waals surface area contributed by atoms with Crippen molar-refractivity contribution in [2.24, 2.45) is 5.73 Å². The summed E-state index contributed by atoms with van der Waals surface area (Å²) in [6.45, 7) is 8.54. The minimum absolute atomic E-state index is 0.786. The Hall–Kier alpha value is 0.290. The summed E-state index contributed by atoms with van der Waals surface area (Å²) < 4.78 is 3.80. The Morgan fingerprint density at radius 2 is 1.48 bits per heavy atom. The van der Waals surface area contributed by atoms with E-state index in [9.17, 15) is 0 Å². The number of aromatic nitrogens is 2. The van der Waals surface area contributed by atoms with Crippen molar-refractivity contribution in [3.8, 4) is 0 Å². The number of aromatic amines is 1. The zero-order chi connectivity index (χ0) is 19.4. The highest BCUT2D eigenvalue weighted by Gasteiger charge is 2.18. The number of fused-ring (bicyclic) bond motifs is 1. The molecule has 0 bridgehead atoms. The van der Waals surface area contributed by atoms with Gasteiger partial charge < -0.3 is 25.8 Å². The lowest BCUT2D eigenvalue weighted by Gasteiger charge is -2.34. The number of benzene rings is 1. The predicted octanol–water partition coefficient (Wildman–Crippen LogP) is 4.38. The van der Waals surface area contributed by atoms with E-state index in [4.69, 9.17) is 5.73 Å². The lowest BCUT2D eigenvalue weighted by atomic mass is 10.2. The van der Waals surface area contributed by atoms with Crippen LogP contribution in [0.4, 0.5) is 5.95 Å². The van der Waals surface area contributed by atoms with E-state index >= 15 is 0 Å². The molecule has 3 rings (SSSR count). The number of hydrogen-bond acceptors (Lipinski definition) is 5. The molecule has 0 unspecified atom stereocenters. The first-order valence-electron chi connectivity index (χ1n) is 9.11. The van der Waals surface area contributed by atoms with Crippen molar-refractivity contribution >= 4 is 80.7 Å². The van der Waals surface area contributed by atoms with Crippen LogP contribution in [0.5, 0.6) is 0 Å². The fourth-order valence-corrected chi connectivity index (χ4v) is 5.53. The molecule has 1 fully saturated rings. The molecule has 4 N–H and O–H groups in total. The molecule has 0 atom stereocenters. The number of nitrogens with zero attached hydrogens (tertiary/aromatic N) is 3. The molecule has 0 spiro atoms. The van der Waals surface area contributed by atoms with Crippen LogP contribution in [0.2, 0.25) is 0 Å². The monoisotopic (exact) mass is 628 g/mol. The summed E-state index contributed by atoms with van der Waals surface area (Å²) in [5.74, 6) is 0.794. The maximum Gasteiger partial charge on any atom is 0.201 e. The van der Waals surface area contributed by atoms with Crippen LogP contribution >= 0.6 is 63.7 Å². The fraction of sp³-hybridized carbons (Fsp3) is 0.588. The quantitative estimate of drug-likeness (QED) is 0.229. The lowest BCUT2D eigenvalue weighted by molar-refractivity contribution is 0.132. The van der Waals surface area contributed by atoms with Crippen molar-refractivity contribution in [3.05, 3.63) is 17.9 Å². The van der Waals surface area contributed by atoms with Gasteiger partial charge in [0.25, 0.3) is 0 Å². The number of H-pyrrole nitrogens is 1. The summed E-state index contributed by atoms with van der Waals surface area (Å²) >= 11 is 14.4. The Balaban J connectivity index is 1.46. The third-order valence-corrected chi connectivity index (χ3v) is 9.54. The third-order valence-electron chi connectivity index (χ3n) is 4.80. The summed E-state index contributed by atoms with van der Waals surface area (Å²) in [6.07, 6.45) is 2.19. The van der Waals surface area contributed by atoms with Gasteiger partial charge in [-0.2, -0.15) is 0 Å². The van der Waals surface area contributed by atoms with Crippen LogP contribution in [0.15, 0.2) is 17.9 Å². The zero-order valence-electron chi connectivity index (χ0n) is 15.0. The van der Waals surface area contributed by atoms with Gasteiger partial charge in [0.2, 0.25) is 5.95 Å². The summed E-state index contributed by atoms with van der Waals surface area (Å²) in [6, 6.07) is 0. The number of nitrogens with one attached hydrogen (secondary N) is 2. The second-order valence-corrected chi connectivity index (χ2v) is 9.84. The number of nitrogens with two attached hydrogens (primary N) is 1.